The summed E-state index contributed by atoms with van der Waals surface area (Å²) in [4.78, 5) is 20.7. The van der Waals surface area contributed by atoms with E-state index < -0.39 is 0 Å². The van der Waals surface area contributed by atoms with Crippen LogP contribution in [-0.2, 0) is 0 Å². The second-order valence-corrected chi connectivity index (χ2v) is 5.69. The SMILES string of the molecule is CCC(C)(C)N1CCN(C(=O)c2cccnc2)CC1. The minimum Gasteiger partial charge on any atom is -0.336 e. The van der Waals surface area contributed by atoms with Crippen LogP contribution in [0.2, 0.25) is 0 Å². The van der Waals surface area contributed by atoms with Crippen LogP contribution in [0.25, 0.3) is 0 Å². The molecule has 0 bridgehead atoms. The molecule has 1 amide bonds. The Balaban J connectivity index is 1.95. The summed E-state index contributed by atoms with van der Waals surface area (Å²) in [5, 5.41) is 0. The number of aromatic nitrogens is 1. The number of piperazine rings is 1. The second kappa shape index (κ2) is 5.70. The van der Waals surface area contributed by atoms with Crippen LogP contribution >= 0.6 is 0 Å². The van der Waals surface area contributed by atoms with E-state index in [4.69, 9.17) is 0 Å². The average molecular weight is 261 g/mol. The highest BCUT2D eigenvalue weighted by Gasteiger charge is 2.30. The van der Waals surface area contributed by atoms with E-state index in [1.165, 1.54) is 0 Å². The van der Waals surface area contributed by atoms with Gasteiger partial charge in [-0.3, -0.25) is 14.7 Å². The molecule has 0 aromatic carbocycles. The van der Waals surface area contributed by atoms with Gasteiger partial charge in [-0.2, -0.15) is 0 Å². The number of pyridine rings is 1. The topological polar surface area (TPSA) is 36.4 Å². The first-order valence-electron chi connectivity index (χ1n) is 6.99. The molecule has 1 saturated heterocycles. The summed E-state index contributed by atoms with van der Waals surface area (Å²) in [5.74, 6) is 0.0991. The lowest BCUT2D eigenvalue weighted by Gasteiger charge is -2.43. The van der Waals surface area contributed by atoms with Crippen molar-refractivity contribution in [2.45, 2.75) is 32.7 Å². The van der Waals surface area contributed by atoms with Crippen LogP contribution in [0.15, 0.2) is 24.5 Å². The molecule has 0 atom stereocenters. The highest BCUT2D eigenvalue weighted by Crippen LogP contribution is 2.20. The molecule has 1 aliphatic rings. The number of rotatable bonds is 3. The van der Waals surface area contributed by atoms with Gasteiger partial charge < -0.3 is 4.90 Å². The van der Waals surface area contributed by atoms with E-state index in [1.807, 2.05) is 17.0 Å². The maximum Gasteiger partial charge on any atom is 0.255 e. The van der Waals surface area contributed by atoms with Gasteiger partial charge in [0.2, 0.25) is 0 Å². The van der Waals surface area contributed by atoms with Crippen LogP contribution < -0.4 is 0 Å². The molecule has 104 valence electrons. The predicted molar refractivity (Wildman–Crippen MR) is 76.1 cm³/mol. The summed E-state index contributed by atoms with van der Waals surface area (Å²) in [6.45, 7) is 10.3. The van der Waals surface area contributed by atoms with E-state index in [-0.39, 0.29) is 11.4 Å². The van der Waals surface area contributed by atoms with E-state index in [2.05, 4.69) is 30.7 Å². The monoisotopic (exact) mass is 261 g/mol. The van der Waals surface area contributed by atoms with Gasteiger partial charge in [-0.1, -0.05) is 6.92 Å². The lowest BCUT2D eigenvalue weighted by atomic mass is 9.98. The van der Waals surface area contributed by atoms with Crippen molar-refractivity contribution in [1.82, 2.24) is 14.8 Å². The Morgan fingerprint density at radius 1 is 1.32 bits per heavy atom. The van der Waals surface area contributed by atoms with Crippen molar-refractivity contribution in [3.05, 3.63) is 30.1 Å². The number of nitrogens with zero attached hydrogens (tertiary/aromatic N) is 3. The van der Waals surface area contributed by atoms with Crippen molar-refractivity contribution >= 4 is 5.91 Å². The fraction of sp³-hybridized carbons (Fsp3) is 0.600. The third-order valence-electron chi connectivity index (χ3n) is 4.20. The summed E-state index contributed by atoms with van der Waals surface area (Å²) in [7, 11) is 0. The minimum atomic E-state index is 0.0991. The Kier molecular flexibility index (Phi) is 4.20. The zero-order chi connectivity index (χ0) is 13.9. The molecule has 0 saturated carbocycles. The molecular formula is C15H23N3O. The van der Waals surface area contributed by atoms with Gasteiger partial charge in [0, 0.05) is 44.1 Å². The number of carbonyl (C=O) groups is 1. The van der Waals surface area contributed by atoms with E-state index in [0.29, 0.717) is 5.56 Å². The van der Waals surface area contributed by atoms with Crippen LogP contribution in [-0.4, -0.2) is 52.4 Å². The van der Waals surface area contributed by atoms with Crippen LogP contribution in [0.1, 0.15) is 37.6 Å². The van der Waals surface area contributed by atoms with E-state index in [0.717, 1.165) is 32.6 Å². The normalized spacial score (nSPS) is 17.5. The minimum absolute atomic E-state index is 0.0991. The lowest BCUT2D eigenvalue weighted by molar-refractivity contribution is 0.0390. The first-order chi connectivity index (χ1) is 9.04. The van der Waals surface area contributed by atoms with Crippen LogP contribution in [0.4, 0.5) is 0 Å². The quantitative estimate of drug-likeness (QED) is 0.835. The zero-order valence-corrected chi connectivity index (χ0v) is 12.1. The van der Waals surface area contributed by atoms with Crippen molar-refractivity contribution < 1.29 is 4.79 Å². The van der Waals surface area contributed by atoms with Gasteiger partial charge in [-0.15, -0.1) is 0 Å². The van der Waals surface area contributed by atoms with Crippen molar-refractivity contribution in [3.63, 3.8) is 0 Å². The lowest BCUT2D eigenvalue weighted by Crippen LogP contribution is -2.55. The Bertz CT molecular complexity index is 422. The first kappa shape index (κ1) is 14.0. The van der Waals surface area contributed by atoms with E-state index >= 15 is 0 Å². The van der Waals surface area contributed by atoms with Gasteiger partial charge >= 0.3 is 0 Å². The molecule has 2 heterocycles. The Hall–Kier alpha value is -1.42. The second-order valence-electron chi connectivity index (χ2n) is 5.69. The van der Waals surface area contributed by atoms with Gasteiger partial charge in [0.1, 0.15) is 0 Å². The Labute approximate surface area is 115 Å². The largest absolute Gasteiger partial charge is 0.336 e. The molecule has 4 nitrogen and oxygen atoms in total. The fourth-order valence-corrected chi connectivity index (χ4v) is 2.41. The highest BCUT2D eigenvalue weighted by atomic mass is 16.2. The van der Waals surface area contributed by atoms with Crippen LogP contribution in [0.5, 0.6) is 0 Å². The third kappa shape index (κ3) is 3.13. The Morgan fingerprint density at radius 2 is 2.00 bits per heavy atom. The molecular weight excluding hydrogens is 238 g/mol. The molecule has 0 N–H and O–H groups in total. The number of amides is 1. The number of carbonyl (C=O) groups excluding carboxylic acids is 1. The van der Waals surface area contributed by atoms with Crippen molar-refractivity contribution in [2.24, 2.45) is 0 Å². The maximum atomic E-state index is 12.3. The highest BCUT2D eigenvalue weighted by molar-refractivity contribution is 5.93. The molecule has 0 spiro atoms. The average Bonchev–Trinajstić information content (AvgIpc) is 2.47. The zero-order valence-electron chi connectivity index (χ0n) is 12.1. The summed E-state index contributed by atoms with van der Waals surface area (Å²) in [6.07, 6.45) is 4.47. The van der Waals surface area contributed by atoms with Crippen molar-refractivity contribution in [1.29, 1.82) is 0 Å². The summed E-state index contributed by atoms with van der Waals surface area (Å²) in [6, 6.07) is 3.64. The molecule has 0 unspecified atom stereocenters. The van der Waals surface area contributed by atoms with Crippen LogP contribution in [0, 0.1) is 0 Å². The molecule has 1 fully saturated rings. The van der Waals surface area contributed by atoms with Gasteiger partial charge in [-0.25, -0.2) is 0 Å². The van der Waals surface area contributed by atoms with E-state index in [1.54, 1.807) is 12.4 Å². The molecule has 4 heteroatoms. The molecule has 1 aliphatic heterocycles. The summed E-state index contributed by atoms with van der Waals surface area (Å²) in [5.41, 5.74) is 0.911. The first-order valence-corrected chi connectivity index (χ1v) is 6.99. The molecule has 2 rings (SSSR count). The molecule has 0 radical (unpaired) electrons. The third-order valence-corrected chi connectivity index (χ3v) is 4.20. The summed E-state index contributed by atoms with van der Waals surface area (Å²) >= 11 is 0. The van der Waals surface area contributed by atoms with E-state index in [9.17, 15) is 4.79 Å². The smallest absolute Gasteiger partial charge is 0.255 e. The Morgan fingerprint density at radius 3 is 2.53 bits per heavy atom. The van der Waals surface area contributed by atoms with Crippen molar-refractivity contribution in [3.8, 4) is 0 Å². The summed E-state index contributed by atoms with van der Waals surface area (Å²) < 4.78 is 0. The van der Waals surface area contributed by atoms with Crippen LogP contribution in [0.3, 0.4) is 0 Å². The molecule has 1 aromatic rings. The molecule has 0 aliphatic carbocycles. The van der Waals surface area contributed by atoms with Gasteiger partial charge in [-0.05, 0) is 32.4 Å². The van der Waals surface area contributed by atoms with Gasteiger partial charge in [0.15, 0.2) is 0 Å². The maximum absolute atomic E-state index is 12.3. The molecule has 1 aromatic heterocycles. The number of hydrogen-bond acceptors (Lipinski definition) is 3. The molecule has 19 heavy (non-hydrogen) atoms. The number of hydrogen-bond donors (Lipinski definition) is 0. The standard InChI is InChI=1S/C15H23N3O/c1-4-15(2,3)18-10-8-17(9-11-18)14(19)13-6-5-7-16-12-13/h5-7,12H,4,8-11H2,1-3H3. The van der Waals surface area contributed by atoms with Gasteiger partial charge in [0.05, 0.1) is 5.56 Å². The fourth-order valence-electron chi connectivity index (χ4n) is 2.41. The van der Waals surface area contributed by atoms with Crippen molar-refractivity contribution in [2.75, 3.05) is 26.2 Å². The van der Waals surface area contributed by atoms with Gasteiger partial charge in [0.25, 0.3) is 5.91 Å². The predicted octanol–water partition coefficient (Wildman–Crippen LogP) is 2.03.